The van der Waals surface area contributed by atoms with E-state index in [-0.39, 0.29) is 18.1 Å². The molecule has 0 aliphatic rings. The molecule has 0 spiro atoms. The summed E-state index contributed by atoms with van der Waals surface area (Å²) in [6, 6.07) is 5.40. The molecule has 1 heterocycles. The average Bonchev–Trinajstić information content (AvgIpc) is 2.75. The zero-order chi connectivity index (χ0) is 13.2. The maximum Gasteiger partial charge on any atom is 0.389 e. The number of nitrogens with zero attached hydrogens (tertiary/aromatic N) is 2. The molecular weight excluding hydrogens is 250 g/mol. The van der Waals surface area contributed by atoms with Gasteiger partial charge in [0.25, 0.3) is 0 Å². The molecule has 0 amide bonds. The minimum absolute atomic E-state index is 0.159. The molecule has 0 saturated heterocycles. The van der Waals surface area contributed by atoms with E-state index in [2.05, 4.69) is 15.2 Å². The van der Waals surface area contributed by atoms with Crippen molar-refractivity contribution in [2.45, 2.75) is 19.0 Å². The number of nitrogens with one attached hydrogen (secondary N) is 1. The van der Waals surface area contributed by atoms with E-state index in [1.54, 1.807) is 0 Å². The summed E-state index contributed by atoms with van der Waals surface area (Å²) in [6.45, 7) is 0. The Labute approximate surface area is 99.9 Å². The van der Waals surface area contributed by atoms with Crippen molar-refractivity contribution in [1.29, 1.82) is 0 Å². The molecule has 1 aromatic heterocycles. The van der Waals surface area contributed by atoms with E-state index >= 15 is 0 Å². The second-order valence-electron chi connectivity index (χ2n) is 3.73. The number of halogens is 4. The predicted molar refractivity (Wildman–Crippen MR) is 56.2 cm³/mol. The van der Waals surface area contributed by atoms with Gasteiger partial charge in [-0.2, -0.15) is 18.3 Å². The highest BCUT2D eigenvalue weighted by molar-refractivity contribution is 5.53. The van der Waals surface area contributed by atoms with E-state index in [9.17, 15) is 17.6 Å². The van der Waals surface area contributed by atoms with Crippen molar-refractivity contribution >= 4 is 0 Å². The lowest BCUT2D eigenvalue weighted by Gasteiger charge is -2.02. The van der Waals surface area contributed by atoms with Gasteiger partial charge < -0.3 is 0 Å². The van der Waals surface area contributed by atoms with E-state index < -0.39 is 18.4 Å². The molecule has 3 nitrogen and oxygen atoms in total. The van der Waals surface area contributed by atoms with Crippen molar-refractivity contribution in [3.63, 3.8) is 0 Å². The van der Waals surface area contributed by atoms with E-state index in [1.807, 2.05) is 0 Å². The smallest absolute Gasteiger partial charge is 0.263 e. The fraction of sp³-hybridized carbons (Fsp3) is 0.273. The van der Waals surface area contributed by atoms with Gasteiger partial charge in [0.05, 0.1) is 6.42 Å². The van der Waals surface area contributed by atoms with Gasteiger partial charge in [-0.3, -0.25) is 5.10 Å². The van der Waals surface area contributed by atoms with Gasteiger partial charge in [0.1, 0.15) is 11.6 Å². The third-order valence-corrected chi connectivity index (χ3v) is 2.28. The average molecular weight is 259 g/mol. The first kappa shape index (κ1) is 12.5. The fourth-order valence-electron chi connectivity index (χ4n) is 1.40. The summed E-state index contributed by atoms with van der Waals surface area (Å²) in [4.78, 5) is 3.92. The Kier molecular flexibility index (Phi) is 3.31. The van der Waals surface area contributed by atoms with Crippen LogP contribution in [-0.2, 0) is 6.42 Å². The van der Waals surface area contributed by atoms with Gasteiger partial charge in [-0.1, -0.05) is 0 Å². The number of hydrogen-bond acceptors (Lipinski definition) is 2. The Hall–Kier alpha value is -1.92. The molecule has 0 bridgehead atoms. The van der Waals surface area contributed by atoms with Crippen LogP contribution < -0.4 is 0 Å². The number of H-pyrrole nitrogens is 1. The van der Waals surface area contributed by atoms with Crippen LogP contribution in [0, 0.1) is 5.82 Å². The zero-order valence-electron chi connectivity index (χ0n) is 9.13. The number of aromatic nitrogens is 3. The van der Waals surface area contributed by atoms with E-state index in [0.29, 0.717) is 5.56 Å². The molecule has 0 fully saturated rings. The van der Waals surface area contributed by atoms with E-state index in [1.165, 1.54) is 24.3 Å². The topological polar surface area (TPSA) is 41.6 Å². The zero-order valence-corrected chi connectivity index (χ0v) is 9.13. The number of benzene rings is 1. The summed E-state index contributed by atoms with van der Waals surface area (Å²) < 4.78 is 48.7. The summed E-state index contributed by atoms with van der Waals surface area (Å²) >= 11 is 0. The Balaban J connectivity index is 2.08. The first-order valence-electron chi connectivity index (χ1n) is 5.18. The van der Waals surface area contributed by atoms with Gasteiger partial charge in [-0.05, 0) is 24.3 Å². The van der Waals surface area contributed by atoms with Gasteiger partial charge in [-0.15, -0.1) is 0 Å². The van der Waals surface area contributed by atoms with Crippen molar-refractivity contribution in [2.24, 2.45) is 0 Å². The lowest BCUT2D eigenvalue weighted by molar-refractivity contribution is -0.134. The molecule has 2 rings (SSSR count). The van der Waals surface area contributed by atoms with Crippen LogP contribution in [0.15, 0.2) is 24.3 Å². The maximum absolute atomic E-state index is 12.7. The summed E-state index contributed by atoms with van der Waals surface area (Å²) in [6.07, 6.45) is -5.43. The lowest BCUT2D eigenvalue weighted by Crippen LogP contribution is -2.09. The van der Waals surface area contributed by atoms with Crippen molar-refractivity contribution < 1.29 is 17.6 Å². The summed E-state index contributed by atoms with van der Waals surface area (Å²) in [7, 11) is 0. The third kappa shape index (κ3) is 3.28. The predicted octanol–water partition coefficient (Wildman–Crippen LogP) is 3.11. The third-order valence-electron chi connectivity index (χ3n) is 2.28. The maximum atomic E-state index is 12.7. The molecule has 96 valence electrons. The van der Waals surface area contributed by atoms with Crippen LogP contribution in [0.3, 0.4) is 0 Å². The molecular formula is C11H9F4N3. The molecule has 2 aromatic rings. The Morgan fingerprint density at radius 2 is 1.78 bits per heavy atom. The SMILES string of the molecule is Fc1ccc(-c2n[nH]c(CCC(F)(F)F)n2)cc1. The second kappa shape index (κ2) is 4.75. The highest BCUT2D eigenvalue weighted by Gasteiger charge is 2.27. The normalized spacial score (nSPS) is 11.8. The number of alkyl halides is 3. The minimum atomic E-state index is -4.22. The molecule has 0 aliphatic carbocycles. The molecule has 0 radical (unpaired) electrons. The highest BCUT2D eigenvalue weighted by atomic mass is 19.4. The van der Waals surface area contributed by atoms with Gasteiger partial charge in [-0.25, -0.2) is 9.37 Å². The van der Waals surface area contributed by atoms with Crippen molar-refractivity contribution in [2.75, 3.05) is 0 Å². The van der Waals surface area contributed by atoms with Crippen molar-refractivity contribution in [3.8, 4) is 11.4 Å². The standard InChI is InChI=1S/C11H9F4N3/c12-8-3-1-7(2-4-8)10-16-9(17-18-10)5-6-11(13,14)15/h1-4H,5-6H2,(H,16,17,18). The van der Waals surface area contributed by atoms with Gasteiger partial charge >= 0.3 is 6.18 Å². The van der Waals surface area contributed by atoms with E-state index in [4.69, 9.17) is 0 Å². The number of hydrogen-bond donors (Lipinski definition) is 1. The van der Waals surface area contributed by atoms with Gasteiger partial charge in [0.2, 0.25) is 0 Å². The molecule has 0 atom stereocenters. The Morgan fingerprint density at radius 3 is 2.39 bits per heavy atom. The van der Waals surface area contributed by atoms with E-state index in [0.717, 1.165) is 0 Å². The second-order valence-corrected chi connectivity index (χ2v) is 3.73. The van der Waals surface area contributed by atoms with Crippen LogP contribution in [0.1, 0.15) is 12.2 Å². The quantitative estimate of drug-likeness (QED) is 0.860. The van der Waals surface area contributed by atoms with Crippen molar-refractivity contribution in [3.05, 3.63) is 35.9 Å². The molecule has 1 aromatic carbocycles. The van der Waals surface area contributed by atoms with Crippen LogP contribution in [0.25, 0.3) is 11.4 Å². The monoisotopic (exact) mass is 259 g/mol. The van der Waals surface area contributed by atoms with Crippen molar-refractivity contribution in [1.82, 2.24) is 15.2 Å². The van der Waals surface area contributed by atoms with Crippen LogP contribution in [0.5, 0.6) is 0 Å². The highest BCUT2D eigenvalue weighted by Crippen LogP contribution is 2.22. The lowest BCUT2D eigenvalue weighted by atomic mass is 10.2. The number of aryl methyl sites for hydroxylation is 1. The largest absolute Gasteiger partial charge is 0.389 e. The molecule has 1 N–H and O–H groups in total. The number of rotatable bonds is 3. The van der Waals surface area contributed by atoms with Crippen LogP contribution >= 0.6 is 0 Å². The van der Waals surface area contributed by atoms with Crippen LogP contribution in [-0.4, -0.2) is 21.4 Å². The Morgan fingerprint density at radius 1 is 1.11 bits per heavy atom. The molecule has 0 saturated carbocycles. The summed E-state index contributed by atoms with van der Waals surface area (Å²) in [5.41, 5.74) is 0.547. The summed E-state index contributed by atoms with van der Waals surface area (Å²) in [5, 5.41) is 6.23. The first-order valence-corrected chi connectivity index (χ1v) is 5.18. The van der Waals surface area contributed by atoms with Crippen LogP contribution in [0.2, 0.25) is 0 Å². The molecule has 0 aliphatic heterocycles. The fourth-order valence-corrected chi connectivity index (χ4v) is 1.40. The number of aromatic amines is 1. The molecule has 7 heteroatoms. The first-order chi connectivity index (χ1) is 8.44. The minimum Gasteiger partial charge on any atom is -0.263 e. The molecule has 0 unspecified atom stereocenters. The van der Waals surface area contributed by atoms with Gasteiger partial charge in [0.15, 0.2) is 5.82 Å². The van der Waals surface area contributed by atoms with Crippen LogP contribution in [0.4, 0.5) is 17.6 Å². The van der Waals surface area contributed by atoms with Gasteiger partial charge in [0, 0.05) is 12.0 Å². The summed E-state index contributed by atoms with van der Waals surface area (Å²) in [5.74, 6) is 0.0189. The Bertz CT molecular complexity index is 516. The molecule has 18 heavy (non-hydrogen) atoms.